The Morgan fingerprint density at radius 3 is 2.88 bits per heavy atom. The minimum absolute atomic E-state index is 0.0682. The number of hydrogen-bond donors (Lipinski definition) is 0. The molecular formula is C6H4OP. The van der Waals surface area contributed by atoms with Gasteiger partial charge in [0.25, 0.3) is 0 Å². The van der Waals surface area contributed by atoms with Gasteiger partial charge in [-0.2, -0.15) is 0 Å². The largest absolute Gasteiger partial charge is 0.269 e. The van der Waals surface area contributed by atoms with Gasteiger partial charge in [0.2, 0.25) is 0 Å². The fraction of sp³-hybridized carbons (Fsp3) is 0. The monoisotopic (exact) mass is 123 g/mol. The van der Waals surface area contributed by atoms with Crippen molar-refractivity contribution in [3.05, 3.63) is 30.3 Å². The third-order valence-electron chi connectivity index (χ3n) is 0.796. The predicted octanol–water partition coefficient (Wildman–Crippen LogP) is 1.40. The first kappa shape index (κ1) is 5.46. The van der Waals surface area contributed by atoms with E-state index in [9.17, 15) is 4.57 Å². The normalized spacial score (nSPS) is 9.50. The molecule has 0 spiro atoms. The Kier molecular flexibility index (Phi) is 1.76. The molecule has 2 heteroatoms. The van der Waals surface area contributed by atoms with Gasteiger partial charge in [0.15, 0.2) is 8.46 Å². The molecule has 1 nitrogen and oxygen atoms in total. The maximum absolute atomic E-state index is 10.1. The van der Waals surface area contributed by atoms with E-state index in [0.717, 1.165) is 5.30 Å². The smallest absolute Gasteiger partial charge is 0.192 e. The highest BCUT2D eigenvalue weighted by molar-refractivity contribution is 7.34. The van der Waals surface area contributed by atoms with E-state index in [4.69, 9.17) is 0 Å². The van der Waals surface area contributed by atoms with Crippen LogP contribution in [0.5, 0.6) is 0 Å². The van der Waals surface area contributed by atoms with E-state index in [-0.39, 0.29) is 8.46 Å². The molecule has 0 amide bonds. The second-order valence-electron chi connectivity index (χ2n) is 1.35. The number of rotatable bonds is 1. The van der Waals surface area contributed by atoms with Gasteiger partial charge in [-0.05, 0) is 18.2 Å². The first-order chi connectivity index (χ1) is 3.93. The lowest BCUT2D eigenvalue weighted by molar-refractivity contribution is 0.603. The lowest BCUT2D eigenvalue weighted by Gasteiger charge is -1.79. The van der Waals surface area contributed by atoms with Crippen LogP contribution in [0.4, 0.5) is 0 Å². The van der Waals surface area contributed by atoms with Crippen LogP contribution in [-0.2, 0) is 4.57 Å². The van der Waals surface area contributed by atoms with Gasteiger partial charge in [0.1, 0.15) is 0 Å². The highest BCUT2D eigenvalue weighted by atomic mass is 31.1. The predicted molar refractivity (Wildman–Crippen MR) is 32.5 cm³/mol. The van der Waals surface area contributed by atoms with E-state index < -0.39 is 0 Å². The molecule has 1 radical (unpaired) electrons. The van der Waals surface area contributed by atoms with Crippen molar-refractivity contribution in [2.75, 3.05) is 0 Å². The van der Waals surface area contributed by atoms with E-state index in [1.54, 1.807) is 24.3 Å². The second kappa shape index (κ2) is 2.58. The minimum Gasteiger partial charge on any atom is -0.269 e. The van der Waals surface area contributed by atoms with Crippen LogP contribution in [0.1, 0.15) is 0 Å². The van der Waals surface area contributed by atoms with Gasteiger partial charge in [0, 0.05) is 5.30 Å². The summed E-state index contributed by atoms with van der Waals surface area (Å²) in [6.07, 6.45) is 0. The summed E-state index contributed by atoms with van der Waals surface area (Å²) in [5, 5.41) is 0.771. The summed E-state index contributed by atoms with van der Waals surface area (Å²) >= 11 is 0. The molecule has 0 saturated carbocycles. The maximum atomic E-state index is 10.1. The van der Waals surface area contributed by atoms with Crippen LogP contribution >= 0.6 is 8.46 Å². The quantitative estimate of drug-likeness (QED) is 0.516. The first-order valence-corrected chi connectivity index (χ1v) is 3.04. The zero-order chi connectivity index (χ0) is 5.82. The highest BCUT2D eigenvalue weighted by Crippen LogP contribution is 1.91. The number of hydrogen-bond acceptors (Lipinski definition) is 1. The molecule has 39 valence electrons. The Labute approximate surface area is 49.6 Å². The molecule has 0 fully saturated rings. The Hall–Kier alpha value is -0.680. The van der Waals surface area contributed by atoms with E-state index in [1.165, 1.54) is 0 Å². The van der Waals surface area contributed by atoms with Gasteiger partial charge >= 0.3 is 0 Å². The fourth-order valence-electron chi connectivity index (χ4n) is 0.441. The van der Waals surface area contributed by atoms with Gasteiger partial charge in [-0.15, -0.1) is 0 Å². The average Bonchev–Trinajstić information content (AvgIpc) is 1.90. The van der Waals surface area contributed by atoms with Crippen molar-refractivity contribution in [2.24, 2.45) is 0 Å². The SMILES string of the molecule is O=Pc1c[c]ccc1. The van der Waals surface area contributed by atoms with Crippen molar-refractivity contribution in [1.82, 2.24) is 0 Å². The molecule has 0 heterocycles. The Balaban J connectivity index is 2.99. The van der Waals surface area contributed by atoms with Gasteiger partial charge < -0.3 is 0 Å². The third-order valence-corrected chi connectivity index (χ3v) is 1.29. The molecule has 1 aromatic rings. The molecular weight excluding hydrogens is 119 g/mol. The van der Waals surface area contributed by atoms with Crippen molar-refractivity contribution >= 4 is 13.8 Å². The fourth-order valence-corrected chi connectivity index (χ4v) is 0.715. The van der Waals surface area contributed by atoms with Crippen molar-refractivity contribution < 1.29 is 4.57 Å². The van der Waals surface area contributed by atoms with Crippen LogP contribution in [0.15, 0.2) is 24.3 Å². The zero-order valence-corrected chi connectivity index (χ0v) is 5.06. The lowest BCUT2D eigenvalue weighted by Crippen LogP contribution is -1.85. The van der Waals surface area contributed by atoms with Crippen LogP contribution in [-0.4, -0.2) is 0 Å². The summed E-state index contributed by atoms with van der Waals surface area (Å²) in [5.41, 5.74) is 0. The maximum Gasteiger partial charge on any atom is 0.192 e. The van der Waals surface area contributed by atoms with Crippen molar-refractivity contribution in [3.63, 3.8) is 0 Å². The van der Waals surface area contributed by atoms with E-state index >= 15 is 0 Å². The molecule has 0 bridgehead atoms. The first-order valence-electron chi connectivity index (χ1n) is 2.23. The van der Waals surface area contributed by atoms with Gasteiger partial charge in [-0.1, -0.05) is 12.1 Å². The molecule has 0 aliphatic carbocycles. The molecule has 0 aliphatic rings. The van der Waals surface area contributed by atoms with Crippen LogP contribution in [0.25, 0.3) is 0 Å². The van der Waals surface area contributed by atoms with Crippen LogP contribution in [0.3, 0.4) is 0 Å². The van der Waals surface area contributed by atoms with Gasteiger partial charge in [0.05, 0.1) is 0 Å². The van der Waals surface area contributed by atoms with Crippen molar-refractivity contribution in [3.8, 4) is 0 Å². The van der Waals surface area contributed by atoms with Gasteiger partial charge in [-0.25, -0.2) is 0 Å². The molecule has 1 rings (SSSR count). The summed E-state index contributed by atoms with van der Waals surface area (Å²) < 4.78 is 10.1. The molecule has 0 aliphatic heterocycles. The molecule has 0 saturated heterocycles. The Morgan fingerprint density at radius 2 is 2.50 bits per heavy atom. The molecule has 0 atom stereocenters. The third kappa shape index (κ3) is 1.14. The Bertz CT molecular complexity index is 171. The summed E-state index contributed by atoms with van der Waals surface area (Å²) in [7, 11) is 0.0682. The summed E-state index contributed by atoms with van der Waals surface area (Å²) in [6, 6.07) is 9.86. The van der Waals surface area contributed by atoms with E-state index in [2.05, 4.69) is 6.07 Å². The summed E-state index contributed by atoms with van der Waals surface area (Å²) in [4.78, 5) is 0. The van der Waals surface area contributed by atoms with Crippen LogP contribution < -0.4 is 5.30 Å². The number of benzene rings is 1. The topological polar surface area (TPSA) is 17.1 Å². The highest BCUT2D eigenvalue weighted by Gasteiger charge is 1.82. The van der Waals surface area contributed by atoms with Gasteiger partial charge in [-0.3, -0.25) is 4.57 Å². The Morgan fingerprint density at radius 1 is 1.62 bits per heavy atom. The molecule has 0 N–H and O–H groups in total. The van der Waals surface area contributed by atoms with E-state index in [0.29, 0.717) is 0 Å². The van der Waals surface area contributed by atoms with E-state index in [1.807, 2.05) is 0 Å². The zero-order valence-electron chi connectivity index (χ0n) is 4.16. The lowest BCUT2D eigenvalue weighted by atomic mass is 10.4. The van der Waals surface area contributed by atoms with Crippen LogP contribution in [0, 0.1) is 6.07 Å². The standard InChI is InChI=1S/C6H4OP/c7-8-6-4-2-1-3-5-6/h1-2,4-5H. The van der Waals surface area contributed by atoms with Crippen molar-refractivity contribution in [2.45, 2.75) is 0 Å². The summed E-state index contributed by atoms with van der Waals surface area (Å²) in [6.45, 7) is 0. The average molecular weight is 123 g/mol. The summed E-state index contributed by atoms with van der Waals surface area (Å²) in [5.74, 6) is 0. The van der Waals surface area contributed by atoms with Crippen molar-refractivity contribution in [1.29, 1.82) is 0 Å². The molecule has 0 unspecified atom stereocenters. The minimum atomic E-state index is 0.0682. The second-order valence-corrected chi connectivity index (χ2v) is 2.05. The van der Waals surface area contributed by atoms with Crippen LogP contribution in [0.2, 0.25) is 0 Å². The molecule has 8 heavy (non-hydrogen) atoms. The molecule has 0 aromatic heterocycles. The molecule has 1 aromatic carbocycles.